The highest BCUT2D eigenvalue weighted by atomic mass is 19.1. The summed E-state index contributed by atoms with van der Waals surface area (Å²) >= 11 is 0. The van der Waals surface area contributed by atoms with Crippen molar-refractivity contribution in [3.05, 3.63) is 0 Å². The van der Waals surface area contributed by atoms with Gasteiger partial charge in [-0.1, -0.05) is 46.5 Å². The van der Waals surface area contributed by atoms with Crippen LogP contribution >= 0.6 is 0 Å². The number of hydrogen-bond acceptors (Lipinski definition) is 0. The van der Waals surface area contributed by atoms with E-state index in [9.17, 15) is 4.39 Å². The fourth-order valence-corrected chi connectivity index (χ4v) is 2.29. The summed E-state index contributed by atoms with van der Waals surface area (Å²) in [7, 11) is 0. The third kappa shape index (κ3) is 6.92. The molecular formula is C14H29F. The van der Waals surface area contributed by atoms with E-state index >= 15 is 0 Å². The van der Waals surface area contributed by atoms with Crippen LogP contribution in [0.25, 0.3) is 0 Å². The zero-order valence-corrected chi connectivity index (χ0v) is 11.3. The maximum Gasteiger partial charge on any atom is 0.108 e. The molecule has 0 nitrogen and oxygen atoms in total. The van der Waals surface area contributed by atoms with Crippen LogP contribution in [0.2, 0.25) is 0 Å². The Kier molecular flexibility index (Phi) is 7.21. The van der Waals surface area contributed by atoms with Crippen molar-refractivity contribution >= 4 is 0 Å². The van der Waals surface area contributed by atoms with Gasteiger partial charge in [0.1, 0.15) is 5.67 Å². The molecule has 0 aromatic carbocycles. The summed E-state index contributed by atoms with van der Waals surface area (Å²) < 4.78 is 14.0. The Morgan fingerprint density at radius 1 is 1.07 bits per heavy atom. The maximum absolute atomic E-state index is 14.0. The van der Waals surface area contributed by atoms with Crippen molar-refractivity contribution in [2.75, 3.05) is 0 Å². The van der Waals surface area contributed by atoms with Crippen LogP contribution in [0, 0.1) is 11.8 Å². The summed E-state index contributed by atoms with van der Waals surface area (Å²) in [4.78, 5) is 0. The Labute approximate surface area is 95.6 Å². The van der Waals surface area contributed by atoms with E-state index in [1.165, 1.54) is 19.3 Å². The quantitative estimate of drug-likeness (QED) is 0.512. The van der Waals surface area contributed by atoms with Crippen molar-refractivity contribution in [1.29, 1.82) is 0 Å². The lowest BCUT2D eigenvalue weighted by molar-refractivity contribution is 0.0953. The van der Waals surface area contributed by atoms with Crippen molar-refractivity contribution in [2.45, 2.75) is 78.8 Å². The molecule has 0 aromatic heterocycles. The summed E-state index contributed by atoms with van der Waals surface area (Å²) in [6.07, 6.45) is 6.89. The van der Waals surface area contributed by atoms with E-state index < -0.39 is 5.67 Å². The Bertz CT molecular complexity index is 146. The van der Waals surface area contributed by atoms with Crippen molar-refractivity contribution in [1.82, 2.24) is 0 Å². The first kappa shape index (κ1) is 14.9. The summed E-state index contributed by atoms with van der Waals surface area (Å²) in [5.74, 6) is 0.922. The Morgan fingerprint density at radius 2 is 1.67 bits per heavy atom. The number of alkyl halides is 1. The second kappa shape index (κ2) is 7.24. The fourth-order valence-electron chi connectivity index (χ4n) is 2.29. The molecule has 0 aliphatic rings. The van der Waals surface area contributed by atoms with Crippen LogP contribution < -0.4 is 0 Å². The minimum Gasteiger partial charge on any atom is -0.244 e. The van der Waals surface area contributed by atoms with Crippen LogP contribution in [0.15, 0.2) is 0 Å². The molecule has 0 fully saturated rings. The average molecular weight is 216 g/mol. The Balaban J connectivity index is 4.12. The highest BCUT2D eigenvalue weighted by Crippen LogP contribution is 2.32. The van der Waals surface area contributed by atoms with Gasteiger partial charge in [0.2, 0.25) is 0 Å². The van der Waals surface area contributed by atoms with Crippen LogP contribution in [0.1, 0.15) is 73.1 Å². The molecule has 2 atom stereocenters. The molecule has 0 N–H and O–H groups in total. The smallest absolute Gasteiger partial charge is 0.108 e. The van der Waals surface area contributed by atoms with E-state index in [0.717, 1.165) is 19.3 Å². The van der Waals surface area contributed by atoms with Gasteiger partial charge in [0.25, 0.3) is 0 Å². The van der Waals surface area contributed by atoms with Crippen molar-refractivity contribution < 1.29 is 4.39 Å². The molecule has 0 heterocycles. The molecule has 0 radical (unpaired) electrons. The van der Waals surface area contributed by atoms with E-state index in [4.69, 9.17) is 0 Å². The Hall–Kier alpha value is -0.0700. The molecule has 0 bridgehead atoms. The highest BCUT2D eigenvalue weighted by Gasteiger charge is 2.29. The molecule has 0 aromatic rings. The van der Waals surface area contributed by atoms with Gasteiger partial charge >= 0.3 is 0 Å². The second-order valence-corrected chi connectivity index (χ2v) is 5.53. The molecule has 0 saturated heterocycles. The largest absolute Gasteiger partial charge is 0.244 e. The van der Waals surface area contributed by atoms with Gasteiger partial charge in [-0.3, -0.25) is 0 Å². The lowest BCUT2D eigenvalue weighted by atomic mass is 9.80. The van der Waals surface area contributed by atoms with Crippen LogP contribution in [0.3, 0.4) is 0 Å². The van der Waals surface area contributed by atoms with Gasteiger partial charge in [-0.15, -0.1) is 0 Å². The van der Waals surface area contributed by atoms with Gasteiger partial charge in [-0.25, -0.2) is 4.39 Å². The zero-order valence-electron chi connectivity index (χ0n) is 11.3. The van der Waals surface area contributed by atoms with Crippen LogP contribution in [-0.2, 0) is 0 Å². The minimum absolute atomic E-state index is 0.249. The van der Waals surface area contributed by atoms with E-state index in [1.807, 2.05) is 0 Å². The van der Waals surface area contributed by atoms with Crippen LogP contribution in [-0.4, -0.2) is 5.67 Å². The lowest BCUT2D eigenvalue weighted by Gasteiger charge is -2.29. The molecule has 15 heavy (non-hydrogen) atoms. The monoisotopic (exact) mass is 216 g/mol. The summed E-state index contributed by atoms with van der Waals surface area (Å²) in [6.45, 7) is 10.1. The summed E-state index contributed by atoms with van der Waals surface area (Å²) in [5.41, 5.74) is -1.00. The SMILES string of the molecule is CCCCC(CC(C)CCC)C(C)(C)F. The van der Waals surface area contributed by atoms with Crippen molar-refractivity contribution in [2.24, 2.45) is 11.8 Å². The third-order valence-corrected chi connectivity index (χ3v) is 3.35. The minimum atomic E-state index is -1.00. The first-order valence-corrected chi connectivity index (χ1v) is 6.60. The molecule has 92 valence electrons. The highest BCUT2D eigenvalue weighted by molar-refractivity contribution is 4.79. The molecule has 0 aliphatic heterocycles. The van der Waals surface area contributed by atoms with Crippen molar-refractivity contribution in [3.8, 4) is 0 Å². The average Bonchev–Trinajstić information content (AvgIpc) is 2.10. The number of halogens is 1. The molecule has 0 amide bonds. The molecule has 0 aliphatic carbocycles. The molecule has 2 unspecified atom stereocenters. The van der Waals surface area contributed by atoms with E-state index in [2.05, 4.69) is 20.8 Å². The van der Waals surface area contributed by atoms with Crippen LogP contribution in [0.5, 0.6) is 0 Å². The summed E-state index contributed by atoms with van der Waals surface area (Å²) in [6, 6.07) is 0. The number of unbranched alkanes of at least 4 members (excludes halogenated alkanes) is 1. The first-order valence-electron chi connectivity index (χ1n) is 6.60. The van der Waals surface area contributed by atoms with Gasteiger partial charge in [-0.05, 0) is 38.5 Å². The predicted octanol–water partition coefficient (Wildman–Crippen LogP) is 5.37. The molecule has 0 rings (SSSR count). The number of rotatable bonds is 8. The molecule has 1 heteroatoms. The van der Waals surface area contributed by atoms with Gasteiger partial charge in [0, 0.05) is 0 Å². The number of hydrogen-bond donors (Lipinski definition) is 0. The third-order valence-electron chi connectivity index (χ3n) is 3.35. The Morgan fingerprint density at radius 3 is 2.07 bits per heavy atom. The topological polar surface area (TPSA) is 0 Å². The maximum atomic E-state index is 14.0. The first-order chi connectivity index (χ1) is 6.91. The van der Waals surface area contributed by atoms with Gasteiger partial charge in [-0.2, -0.15) is 0 Å². The fraction of sp³-hybridized carbons (Fsp3) is 1.00. The second-order valence-electron chi connectivity index (χ2n) is 5.53. The predicted molar refractivity (Wildman–Crippen MR) is 66.9 cm³/mol. The standard InChI is InChI=1S/C14H29F/c1-6-8-10-13(14(4,5)15)11-12(3)9-7-2/h12-13H,6-11H2,1-5H3. The van der Waals surface area contributed by atoms with Crippen molar-refractivity contribution in [3.63, 3.8) is 0 Å². The van der Waals surface area contributed by atoms with Gasteiger partial charge in [0.15, 0.2) is 0 Å². The van der Waals surface area contributed by atoms with Gasteiger partial charge in [0.05, 0.1) is 0 Å². The molecular weight excluding hydrogens is 187 g/mol. The zero-order chi connectivity index (χ0) is 11.9. The summed E-state index contributed by atoms with van der Waals surface area (Å²) in [5, 5.41) is 0. The normalized spacial score (nSPS) is 16.4. The lowest BCUT2D eigenvalue weighted by Crippen LogP contribution is -2.27. The van der Waals surface area contributed by atoms with E-state index in [-0.39, 0.29) is 5.92 Å². The van der Waals surface area contributed by atoms with Gasteiger partial charge < -0.3 is 0 Å². The van der Waals surface area contributed by atoms with E-state index in [0.29, 0.717) is 5.92 Å². The van der Waals surface area contributed by atoms with Crippen LogP contribution in [0.4, 0.5) is 4.39 Å². The molecule has 0 spiro atoms. The molecule has 0 saturated carbocycles. The van der Waals surface area contributed by atoms with E-state index in [1.54, 1.807) is 13.8 Å².